The molecule has 1 aliphatic rings. The Hall–Kier alpha value is -2.09. The zero-order valence-electron chi connectivity index (χ0n) is 12.5. The normalized spacial score (nSPS) is 18.2. The lowest BCUT2D eigenvalue weighted by atomic mass is 10.1. The van der Waals surface area contributed by atoms with Gasteiger partial charge in [0.25, 0.3) is 0 Å². The van der Waals surface area contributed by atoms with E-state index in [0.717, 1.165) is 16.9 Å². The number of aromatic nitrogens is 4. The summed E-state index contributed by atoms with van der Waals surface area (Å²) < 4.78 is 5.89. The van der Waals surface area contributed by atoms with Gasteiger partial charge in [0, 0.05) is 13.1 Å². The van der Waals surface area contributed by atoms with Crippen molar-refractivity contribution < 1.29 is 4.74 Å². The van der Waals surface area contributed by atoms with Gasteiger partial charge in [-0.3, -0.25) is 0 Å². The van der Waals surface area contributed by atoms with E-state index in [2.05, 4.69) is 24.8 Å². The fourth-order valence-corrected chi connectivity index (χ4v) is 3.13. The average Bonchev–Trinajstić information content (AvgIpc) is 3.05. The highest BCUT2D eigenvalue weighted by atomic mass is 35.5. The number of ether oxygens (including phenoxy) is 1. The molecule has 0 saturated carbocycles. The number of nitrogens with one attached hydrogen (secondary N) is 1. The first kappa shape index (κ1) is 15.4. The molecule has 0 radical (unpaired) electrons. The molecule has 0 aliphatic carbocycles. The Morgan fingerprint density at radius 3 is 2.96 bits per heavy atom. The van der Waals surface area contributed by atoms with Gasteiger partial charge in [0.2, 0.25) is 5.95 Å². The number of morpholine rings is 1. The molecule has 124 valence electrons. The quantitative estimate of drug-likeness (QED) is 0.726. The highest BCUT2D eigenvalue weighted by molar-refractivity contribution is 6.42. The van der Waals surface area contributed by atoms with Crippen LogP contribution in [0.1, 0.15) is 11.7 Å². The van der Waals surface area contributed by atoms with Gasteiger partial charge in [-0.05, 0) is 17.7 Å². The number of hydrogen-bond donors (Lipinski definition) is 2. The Bertz CT molecular complexity index is 899. The molecular formula is C15H14Cl2N6O. The summed E-state index contributed by atoms with van der Waals surface area (Å²) in [4.78, 5) is 17.8. The molecule has 3 aromatic rings. The van der Waals surface area contributed by atoms with Crippen molar-refractivity contribution in [2.45, 2.75) is 6.10 Å². The molecule has 3 N–H and O–H groups in total. The number of anilines is 2. The van der Waals surface area contributed by atoms with Crippen molar-refractivity contribution in [1.82, 2.24) is 19.9 Å². The number of H-pyrrole nitrogens is 1. The van der Waals surface area contributed by atoms with Gasteiger partial charge in [-0.25, -0.2) is 4.98 Å². The molecule has 1 saturated heterocycles. The molecule has 1 fully saturated rings. The van der Waals surface area contributed by atoms with Crippen molar-refractivity contribution >= 4 is 46.1 Å². The standard InChI is InChI=1S/C15H14Cl2N6O/c16-9-2-1-8(5-10(9)17)11-6-23(3-4-24-11)14-12-13(20-7-19-12)21-15(18)22-14/h1-2,5,7,11H,3-4,6H2,(H3,18,19,20,21,22)/t11-/m0/s1. The summed E-state index contributed by atoms with van der Waals surface area (Å²) in [6.07, 6.45) is 1.45. The van der Waals surface area contributed by atoms with E-state index in [-0.39, 0.29) is 12.1 Å². The van der Waals surface area contributed by atoms with Crippen LogP contribution in [-0.4, -0.2) is 39.6 Å². The van der Waals surface area contributed by atoms with Crippen LogP contribution in [0.3, 0.4) is 0 Å². The van der Waals surface area contributed by atoms with Gasteiger partial charge >= 0.3 is 0 Å². The molecule has 24 heavy (non-hydrogen) atoms. The Morgan fingerprint density at radius 2 is 2.12 bits per heavy atom. The molecule has 0 unspecified atom stereocenters. The fraction of sp³-hybridized carbons (Fsp3) is 0.267. The molecule has 0 bridgehead atoms. The molecule has 1 atom stereocenters. The van der Waals surface area contributed by atoms with Crippen LogP contribution in [0.2, 0.25) is 10.0 Å². The van der Waals surface area contributed by atoms with Crippen LogP contribution in [0.4, 0.5) is 11.8 Å². The summed E-state index contributed by atoms with van der Waals surface area (Å²) in [5.41, 5.74) is 8.09. The third-order valence-electron chi connectivity index (χ3n) is 3.97. The van der Waals surface area contributed by atoms with Crippen molar-refractivity contribution in [1.29, 1.82) is 0 Å². The average molecular weight is 365 g/mol. The van der Waals surface area contributed by atoms with E-state index < -0.39 is 0 Å². The second kappa shape index (κ2) is 6.08. The molecule has 4 rings (SSSR count). The zero-order chi connectivity index (χ0) is 16.7. The minimum atomic E-state index is -0.136. The number of halogens is 2. The number of rotatable bonds is 2. The first-order valence-corrected chi connectivity index (χ1v) is 8.15. The summed E-state index contributed by atoms with van der Waals surface area (Å²) in [5, 5.41) is 1.04. The van der Waals surface area contributed by atoms with E-state index in [1.165, 1.54) is 0 Å². The predicted octanol–water partition coefficient (Wildman–Crippen LogP) is 2.82. The monoisotopic (exact) mass is 364 g/mol. The van der Waals surface area contributed by atoms with E-state index >= 15 is 0 Å². The maximum absolute atomic E-state index is 6.12. The van der Waals surface area contributed by atoms with Crippen LogP contribution < -0.4 is 10.6 Å². The number of nitrogens with two attached hydrogens (primary N) is 1. The third-order valence-corrected chi connectivity index (χ3v) is 4.70. The maximum atomic E-state index is 6.12. The van der Waals surface area contributed by atoms with Crippen LogP contribution in [0.25, 0.3) is 11.2 Å². The van der Waals surface area contributed by atoms with Gasteiger partial charge < -0.3 is 20.4 Å². The molecule has 9 heteroatoms. The number of imidazole rings is 1. The van der Waals surface area contributed by atoms with Crippen molar-refractivity contribution in [3.63, 3.8) is 0 Å². The van der Waals surface area contributed by atoms with Gasteiger partial charge in [-0.2, -0.15) is 9.97 Å². The smallest absolute Gasteiger partial charge is 0.224 e. The first-order valence-electron chi connectivity index (χ1n) is 7.40. The molecule has 0 amide bonds. The van der Waals surface area contributed by atoms with Crippen LogP contribution in [0.5, 0.6) is 0 Å². The number of nitrogen functional groups attached to an aromatic ring is 1. The first-order chi connectivity index (χ1) is 11.6. The SMILES string of the molecule is Nc1nc(N2CCO[C@H](c3ccc(Cl)c(Cl)c3)C2)c2[nH]cnc2n1. The highest BCUT2D eigenvalue weighted by Crippen LogP contribution is 2.31. The summed E-state index contributed by atoms with van der Waals surface area (Å²) >= 11 is 12.1. The number of hydrogen-bond acceptors (Lipinski definition) is 6. The summed E-state index contributed by atoms with van der Waals surface area (Å²) in [7, 11) is 0. The minimum Gasteiger partial charge on any atom is -0.370 e. The number of nitrogens with zero attached hydrogens (tertiary/aromatic N) is 4. The van der Waals surface area contributed by atoms with E-state index in [0.29, 0.717) is 35.4 Å². The third kappa shape index (κ3) is 2.75. The Morgan fingerprint density at radius 1 is 1.25 bits per heavy atom. The second-order valence-corrected chi connectivity index (χ2v) is 6.30. The highest BCUT2D eigenvalue weighted by Gasteiger charge is 2.25. The lowest BCUT2D eigenvalue weighted by Crippen LogP contribution is -2.39. The minimum absolute atomic E-state index is 0.136. The largest absolute Gasteiger partial charge is 0.370 e. The Balaban J connectivity index is 1.67. The molecule has 7 nitrogen and oxygen atoms in total. The van der Waals surface area contributed by atoms with Gasteiger partial charge in [0.1, 0.15) is 11.6 Å². The predicted molar refractivity (Wildman–Crippen MR) is 93.5 cm³/mol. The van der Waals surface area contributed by atoms with Crippen LogP contribution >= 0.6 is 23.2 Å². The van der Waals surface area contributed by atoms with Gasteiger partial charge in [-0.15, -0.1) is 0 Å². The molecule has 1 aliphatic heterocycles. The van der Waals surface area contributed by atoms with Gasteiger partial charge in [-0.1, -0.05) is 29.3 Å². The fourth-order valence-electron chi connectivity index (χ4n) is 2.82. The molecule has 3 heterocycles. The Kier molecular flexibility index (Phi) is 3.91. The maximum Gasteiger partial charge on any atom is 0.224 e. The van der Waals surface area contributed by atoms with Gasteiger partial charge in [0.05, 0.1) is 23.0 Å². The van der Waals surface area contributed by atoms with Crippen molar-refractivity contribution in [2.24, 2.45) is 0 Å². The summed E-state index contributed by atoms with van der Waals surface area (Å²) in [6, 6.07) is 5.53. The van der Waals surface area contributed by atoms with Crippen molar-refractivity contribution in [2.75, 3.05) is 30.3 Å². The van der Waals surface area contributed by atoms with Gasteiger partial charge in [0.15, 0.2) is 11.5 Å². The van der Waals surface area contributed by atoms with Crippen molar-refractivity contribution in [3.8, 4) is 0 Å². The number of fused-ring (bicyclic) bond motifs is 1. The topological polar surface area (TPSA) is 92.9 Å². The van der Waals surface area contributed by atoms with E-state index in [9.17, 15) is 0 Å². The molecular weight excluding hydrogens is 351 g/mol. The second-order valence-electron chi connectivity index (χ2n) is 5.49. The lowest BCUT2D eigenvalue weighted by molar-refractivity contribution is 0.0396. The van der Waals surface area contributed by atoms with E-state index in [4.69, 9.17) is 33.7 Å². The summed E-state index contributed by atoms with van der Waals surface area (Å²) in [6.45, 7) is 1.87. The zero-order valence-corrected chi connectivity index (χ0v) is 14.1. The van der Waals surface area contributed by atoms with E-state index in [1.54, 1.807) is 12.4 Å². The van der Waals surface area contributed by atoms with Crippen molar-refractivity contribution in [3.05, 3.63) is 40.1 Å². The lowest BCUT2D eigenvalue weighted by Gasteiger charge is -2.34. The molecule has 1 aromatic carbocycles. The van der Waals surface area contributed by atoms with Crippen LogP contribution in [0, 0.1) is 0 Å². The summed E-state index contributed by atoms with van der Waals surface area (Å²) in [5.74, 6) is 0.922. The van der Waals surface area contributed by atoms with E-state index in [1.807, 2.05) is 12.1 Å². The van der Waals surface area contributed by atoms with Crippen LogP contribution in [0.15, 0.2) is 24.5 Å². The number of benzene rings is 1. The number of aromatic amines is 1. The van der Waals surface area contributed by atoms with Crippen LogP contribution in [-0.2, 0) is 4.74 Å². The molecule has 2 aromatic heterocycles. The Labute approximate surface area is 147 Å². The molecule has 0 spiro atoms.